The Balaban J connectivity index is 3.23. The molecule has 0 atom stereocenters. The van der Waals surface area contributed by atoms with Gasteiger partial charge >= 0.3 is 0 Å². The smallest absolute Gasteiger partial charge is 0.292 e. The molecule has 0 spiro atoms. The number of nitrogens with two attached hydrogens (primary N) is 2. The van der Waals surface area contributed by atoms with Gasteiger partial charge in [0.05, 0.1) is 4.92 Å². The molecule has 0 bridgehead atoms. The summed E-state index contributed by atoms with van der Waals surface area (Å²) in [5.74, 6) is -0.609. The van der Waals surface area contributed by atoms with Gasteiger partial charge in [0.1, 0.15) is 11.5 Å². The first-order valence-corrected chi connectivity index (χ1v) is 4.16. The third kappa shape index (κ3) is 2.50. The van der Waals surface area contributed by atoms with E-state index in [2.05, 4.69) is 0 Å². The van der Waals surface area contributed by atoms with Crippen LogP contribution in [0.1, 0.15) is 5.56 Å². The summed E-state index contributed by atoms with van der Waals surface area (Å²) in [7, 11) is 0. The fraction of sp³-hybridized carbons (Fsp3) is 0.111. The normalized spacial score (nSPS) is 10.8. The highest BCUT2D eigenvalue weighted by molar-refractivity contribution is 5.65. The molecule has 0 aliphatic carbocycles. The molecular weight excluding hydrogens is 201 g/mol. The number of nitro benzene ring substituents is 1. The third-order valence-electron chi connectivity index (χ3n) is 1.78. The molecule has 0 amide bonds. The molecule has 15 heavy (non-hydrogen) atoms. The molecule has 0 saturated heterocycles. The van der Waals surface area contributed by atoms with Crippen LogP contribution in [-0.4, -0.2) is 11.5 Å². The third-order valence-corrected chi connectivity index (χ3v) is 1.78. The van der Waals surface area contributed by atoms with Gasteiger partial charge in [-0.25, -0.2) is 4.39 Å². The highest BCUT2D eigenvalue weighted by Gasteiger charge is 2.14. The summed E-state index contributed by atoms with van der Waals surface area (Å²) in [5.41, 5.74) is 10.1. The van der Waals surface area contributed by atoms with Crippen LogP contribution in [0.25, 0.3) is 6.08 Å². The molecule has 6 heteroatoms. The van der Waals surface area contributed by atoms with Gasteiger partial charge in [0, 0.05) is 24.2 Å². The Kier molecular flexibility index (Phi) is 3.35. The van der Waals surface area contributed by atoms with Crippen molar-refractivity contribution in [3.8, 4) is 0 Å². The van der Waals surface area contributed by atoms with Gasteiger partial charge in [0.15, 0.2) is 0 Å². The fourth-order valence-electron chi connectivity index (χ4n) is 1.07. The lowest BCUT2D eigenvalue weighted by Crippen LogP contribution is -1.98. The summed E-state index contributed by atoms with van der Waals surface area (Å²) >= 11 is 0. The number of benzene rings is 1. The zero-order valence-corrected chi connectivity index (χ0v) is 7.81. The van der Waals surface area contributed by atoms with E-state index in [9.17, 15) is 14.5 Å². The van der Waals surface area contributed by atoms with E-state index in [1.807, 2.05) is 0 Å². The number of rotatable bonds is 3. The van der Waals surface area contributed by atoms with E-state index in [0.29, 0.717) is 0 Å². The molecule has 0 radical (unpaired) electrons. The Labute approximate surface area is 85.3 Å². The predicted molar refractivity (Wildman–Crippen MR) is 55.6 cm³/mol. The molecule has 0 saturated carbocycles. The molecule has 0 aliphatic rings. The van der Waals surface area contributed by atoms with E-state index in [1.54, 1.807) is 0 Å². The zero-order valence-electron chi connectivity index (χ0n) is 7.81. The van der Waals surface area contributed by atoms with Gasteiger partial charge in [-0.05, 0) is 0 Å². The summed E-state index contributed by atoms with van der Waals surface area (Å²) in [6, 6.07) is 2.01. The number of hydrogen-bond donors (Lipinski definition) is 2. The van der Waals surface area contributed by atoms with Crippen LogP contribution >= 0.6 is 0 Å². The molecule has 1 aromatic rings. The lowest BCUT2D eigenvalue weighted by Gasteiger charge is -2.00. The van der Waals surface area contributed by atoms with Crippen molar-refractivity contribution in [1.29, 1.82) is 0 Å². The summed E-state index contributed by atoms with van der Waals surface area (Å²) in [6.07, 6.45) is 2.88. The van der Waals surface area contributed by atoms with E-state index in [-0.39, 0.29) is 23.5 Å². The first kappa shape index (κ1) is 11.1. The quantitative estimate of drug-likeness (QED) is 0.447. The highest BCUT2D eigenvalue weighted by atomic mass is 19.1. The Morgan fingerprint density at radius 1 is 1.53 bits per heavy atom. The number of nitro groups is 1. The van der Waals surface area contributed by atoms with Gasteiger partial charge in [-0.1, -0.05) is 12.2 Å². The maximum atomic E-state index is 13.2. The van der Waals surface area contributed by atoms with Crippen molar-refractivity contribution in [2.24, 2.45) is 5.73 Å². The van der Waals surface area contributed by atoms with Crippen LogP contribution in [0.15, 0.2) is 18.2 Å². The maximum Gasteiger partial charge on any atom is 0.292 e. The average molecular weight is 211 g/mol. The second-order valence-corrected chi connectivity index (χ2v) is 2.83. The van der Waals surface area contributed by atoms with Crippen molar-refractivity contribution in [1.82, 2.24) is 0 Å². The fourth-order valence-corrected chi connectivity index (χ4v) is 1.07. The Morgan fingerprint density at radius 3 is 2.73 bits per heavy atom. The maximum absolute atomic E-state index is 13.2. The number of nitrogens with zero attached hydrogens (tertiary/aromatic N) is 1. The monoisotopic (exact) mass is 211 g/mol. The van der Waals surface area contributed by atoms with Crippen LogP contribution < -0.4 is 11.5 Å². The lowest BCUT2D eigenvalue weighted by atomic mass is 10.1. The molecule has 5 nitrogen and oxygen atoms in total. The molecule has 0 unspecified atom stereocenters. The van der Waals surface area contributed by atoms with Crippen molar-refractivity contribution < 1.29 is 9.31 Å². The summed E-state index contributed by atoms with van der Waals surface area (Å²) in [6.45, 7) is 0.234. The molecular formula is C9H10FN3O2. The van der Waals surface area contributed by atoms with Crippen molar-refractivity contribution in [2.75, 3.05) is 12.3 Å². The molecule has 0 heterocycles. The van der Waals surface area contributed by atoms with Crippen LogP contribution in [0.4, 0.5) is 15.8 Å². The van der Waals surface area contributed by atoms with Crippen LogP contribution in [-0.2, 0) is 0 Å². The Hall–Kier alpha value is -1.95. The Morgan fingerprint density at radius 2 is 2.20 bits per heavy atom. The minimum absolute atomic E-state index is 0.0985. The summed E-state index contributed by atoms with van der Waals surface area (Å²) < 4.78 is 13.2. The van der Waals surface area contributed by atoms with Gasteiger partial charge < -0.3 is 11.5 Å². The molecule has 1 aromatic carbocycles. The van der Waals surface area contributed by atoms with Crippen LogP contribution in [0.2, 0.25) is 0 Å². The minimum Gasteiger partial charge on any atom is -0.393 e. The van der Waals surface area contributed by atoms with Crippen molar-refractivity contribution in [2.45, 2.75) is 0 Å². The van der Waals surface area contributed by atoms with Crippen molar-refractivity contribution in [3.05, 3.63) is 39.7 Å². The van der Waals surface area contributed by atoms with Crippen LogP contribution in [0.3, 0.4) is 0 Å². The van der Waals surface area contributed by atoms with Gasteiger partial charge in [0.25, 0.3) is 5.69 Å². The summed E-state index contributed by atoms with van der Waals surface area (Å²) in [5, 5.41) is 10.5. The molecule has 0 aromatic heterocycles. The van der Waals surface area contributed by atoms with Crippen molar-refractivity contribution >= 4 is 17.5 Å². The average Bonchev–Trinajstić information content (AvgIpc) is 2.16. The van der Waals surface area contributed by atoms with Crippen LogP contribution in [0, 0.1) is 15.9 Å². The van der Waals surface area contributed by atoms with E-state index in [1.165, 1.54) is 12.2 Å². The van der Waals surface area contributed by atoms with Gasteiger partial charge in [0.2, 0.25) is 0 Å². The molecule has 0 aliphatic heterocycles. The first-order chi connectivity index (χ1) is 7.06. The SMILES string of the molecule is NCC=Cc1cc([N+](=O)[O-])c(N)cc1F. The van der Waals surface area contributed by atoms with Crippen molar-refractivity contribution in [3.63, 3.8) is 0 Å². The largest absolute Gasteiger partial charge is 0.393 e. The van der Waals surface area contributed by atoms with E-state index in [0.717, 1.165) is 12.1 Å². The van der Waals surface area contributed by atoms with E-state index in [4.69, 9.17) is 11.5 Å². The second kappa shape index (κ2) is 4.52. The molecule has 80 valence electrons. The molecule has 0 fully saturated rings. The summed E-state index contributed by atoms with van der Waals surface area (Å²) in [4.78, 5) is 9.86. The predicted octanol–water partition coefficient (Wildman–Crippen LogP) is 1.29. The number of hydrogen-bond acceptors (Lipinski definition) is 4. The van der Waals surface area contributed by atoms with Gasteiger partial charge in [-0.2, -0.15) is 0 Å². The number of nitrogen functional groups attached to an aromatic ring is 1. The number of halogens is 1. The first-order valence-electron chi connectivity index (χ1n) is 4.16. The topological polar surface area (TPSA) is 95.2 Å². The second-order valence-electron chi connectivity index (χ2n) is 2.83. The highest BCUT2D eigenvalue weighted by Crippen LogP contribution is 2.25. The standard InChI is InChI=1S/C9H10FN3O2/c10-7-5-8(12)9(13(14)15)4-6(7)2-1-3-11/h1-2,4-5H,3,11-12H2. The van der Waals surface area contributed by atoms with Gasteiger partial charge in [-0.3, -0.25) is 10.1 Å². The minimum atomic E-state index is -0.658. The Bertz CT molecular complexity index is 418. The zero-order chi connectivity index (χ0) is 11.4. The van der Waals surface area contributed by atoms with Crippen LogP contribution in [0.5, 0.6) is 0 Å². The van der Waals surface area contributed by atoms with Gasteiger partial charge in [-0.15, -0.1) is 0 Å². The van der Waals surface area contributed by atoms with E-state index >= 15 is 0 Å². The van der Waals surface area contributed by atoms with E-state index < -0.39 is 10.7 Å². The lowest BCUT2D eigenvalue weighted by molar-refractivity contribution is -0.383. The molecule has 1 rings (SSSR count). The number of anilines is 1. The molecule has 4 N–H and O–H groups in total.